The molecule has 0 aliphatic rings. The molecule has 0 radical (unpaired) electrons. The number of nitro groups is 1. The molecule has 1 heterocycles. The predicted molar refractivity (Wildman–Crippen MR) is 70.7 cm³/mol. The summed E-state index contributed by atoms with van der Waals surface area (Å²) in [5.74, 6) is -1.42. The van der Waals surface area contributed by atoms with Crippen LogP contribution < -0.4 is 5.73 Å². The average molecular weight is 279 g/mol. The number of benzene rings is 1. The first-order valence-corrected chi connectivity index (χ1v) is 5.78. The van der Waals surface area contributed by atoms with E-state index in [1.165, 1.54) is 6.07 Å². The number of rotatable bonds is 4. The molecule has 2 rings (SSSR count). The van der Waals surface area contributed by atoms with Crippen LogP contribution in [-0.2, 0) is 11.2 Å². The van der Waals surface area contributed by atoms with Crippen molar-refractivity contribution in [2.75, 3.05) is 0 Å². The van der Waals surface area contributed by atoms with E-state index in [1.54, 1.807) is 6.92 Å². The van der Waals surface area contributed by atoms with Crippen molar-refractivity contribution in [3.05, 3.63) is 33.5 Å². The Bertz CT molecular complexity index is 707. The number of aromatic amines is 1. The average Bonchev–Trinajstić information content (AvgIpc) is 2.64. The number of phenols is 1. The summed E-state index contributed by atoms with van der Waals surface area (Å²) in [7, 11) is 0. The van der Waals surface area contributed by atoms with Crippen LogP contribution in [0.4, 0.5) is 5.69 Å². The second kappa shape index (κ2) is 4.82. The minimum absolute atomic E-state index is 0.0349. The Hall–Kier alpha value is -2.61. The van der Waals surface area contributed by atoms with Crippen LogP contribution in [0.5, 0.6) is 5.75 Å². The molecule has 8 heteroatoms. The number of phenolic OH excluding ortho intramolecular Hbond substituents is 1. The number of hydrogen-bond donors (Lipinski definition) is 4. The van der Waals surface area contributed by atoms with Crippen LogP contribution in [0.25, 0.3) is 10.9 Å². The van der Waals surface area contributed by atoms with E-state index in [0.717, 1.165) is 6.07 Å². The quantitative estimate of drug-likeness (QED) is 0.486. The second-order valence-electron chi connectivity index (χ2n) is 4.52. The molecular weight excluding hydrogens is 266 g/mol. The van der Waals surface area contributed by atoms with Gasteiger partial charge < -0.3 is 20.9 Å². The van der Waals surface area contributed by atoms with Crippen molar-refractivity contribution in [2.24, 2.45) is 5.73 Å². The summed E-state index contributed by atoms with van der Waals surface area (Å²) in [6, 6.07) is 1.23. The van der Waals surface area contributed by atoms with Crippen molar-refractivity contribution >= 4 is 22.6 Å². The number of H-pyrrole nitrogens is 1. The maximum atomic E-state index is 11.1. The zero-order valence-electron chi connectivity index (χ0n) is 10.6. The standard InChI is InChI=1S/C12H13N3O5/c1-5-7(4-8(13)12(17)18)11-9(14-5)2-6(16)3-10(11)15(19)20/h2-3,8,14,16H,4,13H2,1H3,(H,17,18). The Morgan fingerprint density at radius 1 is 1.55 bits per heavy atom. The molecule has 20 heavy (non-hydrogen) atoms. The fourth-order valence-corrected chi connectivity index (χ4v) is 2.20. The van der Waals surface area contributed by atoms with E-state index in [9.17, 15) is 20.0 Å². The van der Waals surface area contributed by atoms with Gasteiger partial charge in [0.1, 0.15) is 11.8 Å². The summed E-state index contributed by atoms with van der Waals surface area (Å²) in [5.41, 5.74) is 6.65. The van der Waals surface area contributed by atoms with Gasteiger partial charge in [-0.05, 0) is 12.5 Å². The molecule has 1 atom stereocenters. The lowest BCUT2D eigenvalue weighted by atomic mass is 10.0. The molecule has 8 nitrogen and oxygen atoms in total. The fourth-order valence-electron chi connectivity index (χ4n) is 2.20. The first-order valence-electron chi connectivity index (χ1n) is 5.78. The highest BCUT2D eigenvalue weighted by Crippen LogP contribution is 2.35. The Morgan fingerprint density at radius 2 is 2.20 bits per heavy atom. The SMILES string of the molecule is Cc1[nH]c2cc(O)cc([N+](=O)[O-])c2c1CC(N)C(=O)O. The number of fused-ring (bicyclic) bond motifs is 1. The lowest BCUT2D eigenvalue weighted by Gasteiger charge is -2.06. The number of aromatic hydroxyl groups is 1. The monoisotopic (exact) mass is 279 g/mol. The van der Waals surface area contributed by atoms with Crippen LogP contribution in [-0.4, -0.2) is 32.1 Å². The number of non-ortho nitro benzene ring substituents is 1. The molecule has 1 aromatic carbocycles. The number of nitrogens with two attached hydrogens (primary N) is 1. The summed E-state index contributed by atoms with van der Waals surface area (Å²) in [6.45, 7) is 1.67. The number of carboxylic acid groups (broad SMARTS) is 1. The third-order valence-electron chi connectivity index (χ3n) is 3.12. The normalized spacial score (nSPS) is 12.5. The lowest BCUT2D eigenvalue weighted by Crippen LogP contribution is -2.32. The van der Waals surface area contributed by atoms with Crippen molar-refractivity contribution in [2.45, 2.75) is 19.4 Å². The number of nitrogens with zero attached hydrogens (tertiary/aromatic N) is 1. The van der Waals surface area contributed by atoms with Gasteiger partial charge in [0, 0.05) is 18.2 Å². The van der Waals surface area contributed by atoms with Gasteiger partial charge in [-0.2, -0.15) is 0 Å². The number of aliphatic carboxylic acids is 1. The van der Waals surface area contributed by atoms with E-state index in [0.29, 0.717) is 16.8 Å². The molecule has 0 spiro atoms. The lowest BCUT2D eigenvalue weighted by molar-refractivity contribution is -0.383. The van der Waals surface area contributed by atoms with Gasteiger partial charge in [0.05, 0.1) is 21.9 Å². The maximum absolute atomic E-state index is 11.1. The number of aryl methyl sites for hydroxylation is 1. The molecule has 0 amide bonds. The van der Waals surface area contributed by atoms with Crippen LogP contribution in [0.2, 0.25) is 0 Å². The molecule has 106 valence electrons. The van der Waals surface area contributed by atoms with Crippen molar-refractivity contribution < 1.29 is 19.9 Å². The number of carboxylic acids is 1. The van der Waals surface area contributed by atoms with Crippen LogP contribution in [0, 0.1) is 17.0 Å². The van der Waals surface area contributed by atoms with Crippen molar-refractivity contribution in [3.8, 4) is 5.75 Å². The minimum atomic E-state index is -1.18. The summed E-state index contributed by atoms with van der Waals surface area (Å²) in [6.07, 6.45) is -0.0349. The highest BCUT2D eigenvalue weighted by Gasteiger charge is 2.24. The first-order chi connectivity index (χ1) is 9.31. The molecule has 0 saturated heterocycles. The van der Waals surface area contributed by atoms with E-state index < -0.39 is 16.9 Å². The Kier molecular flexibility index (Phi) is 3.33. The Balaban J connectivity index is 2.68. The van der Waals surface area contributed by atoms with Crippen molar-refractivity contribution in [1.82, 2.24) is 4.98 Å². The molecule has 0 fully saturated rings. The van der Waals surface area contributed by atoms with Gasteiger partial charge in [0.25, 0.3) is 5.69 Å². The van der Waals surface area contributed by atoms with E-state index in [2.05, 4.69) is 4.98 Å². The minimum Gasteiger partial charge on any atom is -0.508 e. The molecule has 0 saturated carbocycles. The Morgan fingerprint density at radius 3 is 2.75 bits per heavy atom. The third-order valence-corrected chi connectivity index (χ3v) is 3.12. The number of aromatic nitrogens is 1. The summed E-state index contributed by atoms with van der Waals surface area (Å²) < 4.78 is 0. The van der Waals surface area contributed by atoms with Gasteiger partial charge in [-0.1, -0.05) is 0 Å². The Labute approximate surface area is 113 Å². The molecule has 0 aliphatic carbocycles. The molecular formula is C12H13N3O5. The summed E-state index contributed by atoms with van der Waals surface area (Å²) in [4.78, 5) is 24.2. The fraction of sp³-hybridized carbons (Fsp3) is 0.250. The molecule has 2 aromatic rings. The van der Waals surface area contributed by atoms with Crippen LogP contribution in [0.3, 0.4) is 0 Å². The van der Waals surface area contributed by atoms with Gasteiger partial charge in [0.15, 0.2) is 0 Å². The number of nitrogens with one attached hydrogen (secondary N) is 1. The third kappa shape index (κ3) is 2.28. The van der Waals surface area contributed by atoms with E-state index >= 15 is 0 Å². The van der Waals surface area contributed by atoms with Gasteiger partial charge in [-0.25, -0.2) is 0 Å². The van der Waals surface area contributed by atoms with E-state index in [-0.39, 0.29) is 23.2 Å². The number of nitro benzene ring substituents is 1. The van der Waals surface area contributed by atoms with Gasteiger partial charge in [0.2, 0.25) is 0 Å². The summed E-state index contributed by atoms with van der Waals surface area (Å²) in [5, 5.41) is 29.7. The predicted octanol–water partition coefficient (Wildman–Crippen LogP) is 1.04. The van der Waals surface area contributed by atoms with Crippen LogP contribution in [0.15, 0.2) is 12.1 Å². The van der Waals surface area contributed by atoms with Crippen molar-refractivity contribution in [3.63, 3.8) is 0 Å². The molecule has 1 unspecified atom stereocenters. The van der Waals surface area contributed by atoms with Gasteiger partial charge in [-0.3, -0.25) is 14.9 Å². The smallest absolute Gasteiger partial charge is 0.320 e. The van der Waals surface area contributed by atoms with Crippen LogP contribution in [0.1, 0.15) is 11.3 Å². The molecule has 0 aliphatic heterocycles. The molecule has 1 aromatic heterocycles. The van der Waals surface area contributed by atoms with E-state index in [1.807, 2.05) is 0 Å². The number of hydrogen-bond acceptors (Lipinski definition) is 5. The van der Waals surface area contributed by atoms with Gasteiger partial charge in [-0.15, -0.1) is 0 Å². The molecule has 0 bridgehead atoms. The van der Waals surface area contributed by atoms with Crippen LogP contribution >= 0.6 is 0 Å². The highest BCUT2D eigenvalue weighted by atomic mass is 16.6. The van der Waals surface area contributed by atoms with Crippen molar-refractivity contribution in [1.29, 1.82) is 0 Å². The first kappa shape index (κ1) is 13.8. The molecule has 5 N–H and O–H groups in total. The zero-order chi connectivity index (χ0) is 15.0. The second-order valence-corrected chi connectivity index (χ2v) is 4.52. The van der Waals surface area contributed by atoms with Gasteiger partial charge >= 0.3 is 5.97 Å². The van der Waals surface area contributed by atoms with E-state index in [4.69, 9.17) is 10.8 Å². The summed E-state index contributed by atoms with van der Waals surface area (Å²) >= 11 is 0. The topological polar surface area (TPSA) is 142 Å². The zero-order valence-corrected chi connectivity index (χ0v) is 10.6. The largest absolute Gasteiger partial charge is 0.508 e. The maximum Gasteiger partial charge on any atom is 0.320 e. The number of carbonyl (C=O) groups is 1. The highest BCUT2D eigenvalue weighted by molar-refractivity contribution is 5.94.